The van der Waals surface area contributed by atoms with Crippen molar-refractivity contribution < 1.29 is 28.0 Å². The molecule has 0 bridgehead atoms. The lowest BCUT2D eigenvalue weighted by atomic mass is 9.94. The molecule has 0 amide bonds. The lowest BCUT2D eigenvalue weighted by Crippen LogP contribution is -2.51. The Bertz CT molecular complexity index is 1130. The summed E-state index contributed by atoms with van der Waals surface area (Å²) in [7, 11) is -3.97. The van der Waals surface area contributed by atoms with Gasteiger partial charge in [0.2, 0.25) is 0 Å². The van der Waals surface area contributed by atoms with Crippen LogP contribution in [0.1, 0.15) is 17.5 Å². The fraction of sp³-hybridized carbons (Fsp3) is 0.250. The third kappa shape index (κ3) is 6.81. The van der Waals surface area contributed by atoms with Gasteiger partial charge >= 0.3 is 7.82 Å². The van der Waals surface area contributed by atoms with Gasteiger partial charge in [0.1, 0.15) is 23.9 Å². The van der Waals surface area contributed by atoms with E-state index in [4.69, 9.17) is 35.9 Å². The zero-order valence-corrected chi connectivity index (χ0v) is 19.5. The molecule has 0 aromatic heterocycles. The zero-order chi connectivity index (χ0) is 23.3. The van der Waals surface area contributed by atoms with E-state index in [1.807, 2.05) is 66.7 Å². The van der Waals surface area contributed by atoms with Gasteiger partial charge in [-0.15, -0.1) is 0 Å². The van der Waals surface area contributed by atoms with Gasteiger partial charge in [-0.1, -0.05) is 54.1 Å². The molecule has 0 atom stereocenters. The van der Waals surface area contributed by atoms with Gasteiger partial charge in [-0.2, -0.15) is 0 Å². The number of benzene rings is 3. The van der Waals surface area contributed by atoms with Gasteiger partial charge in [-0.25, -0.2) is 4.57 Å². The van der Waals surface area contributed by atoms with Crippen molar-refractivity contribution in [3.8, 4) is 17.2 Å². The van der Waals surface area contributed by atoms with Crippen LogP contribution in [0, 0.1) is 0 Å². The molecule has 0 spiro atoms. The molecule has 4 rings (SSSR count). The summed E-state index contributed by atoms with van der Waals surface area (Å²) in [6.07, 6.45) is 1.04. The van der Waals surface area contributed by atoms with Crippen molar-refractivity contribution in [2.45, 2.75) is 25.0 Å². The molecule has 3 N–H and O–H groups in total. The summed E-state index contributed by atoms with van der Waals surface area (Å²) in [6.45, 7) is 0.365. The van der Waals surface area contributed by atoms with Crippen molar-refractivity contribution in [1.82, 2.24) is 0 Å². The van der Waals surface area contributed by atoms with Crippen LogP contribution in [-0.2, 0) is 26.6 Å². The maximum atomic E-state index is 11.4. The predicted octanol–water partition coefficient (Wildman–Crippen LogP) is 5.49. The van der Waals surface area contributed by atoms with E-state index in [-0.39, 0.29) is 13.2 Å². The maximum absolute atomic E-state index is 11.4. The topological polar surface area (TPSA) is 100 Å². The Hall–Kier alpha value is -2.38. The molecule has 1 aliphatic rings. The van der Waals surface area contributed by atoms with E-state index in [1.54, 1.807) is 6.07 Å². The van der Waals surface area contributed by atoms with Crippen LogP contribution in [0.15, 0.2) is 72.8 Å². The molecule has 1 aliphatic heterocycles. The average Bonchev–Trinajstić information content (AvgIpc) is 2.81. The van der Waals surface area contributed by atoms with Crippen molar-refractivity contribution in [2.24, 2.45) is 5.73 Å². The molecule has 9 heteroatoms. The van der Waals surface area contributed by atoms with Crippen LogP contribution in [0.25, 0.3) is 0 Å². The molecule has 0 radical (unpaired) electrons. The van der Waals surface area contributed by atoms with E-state index in [0.29, 0.717) is 41.7 Å². The number of nitrogens with two attached hydrogens (primary N) is 1. The van der Waals surface area contributed by atoms with Crippen LogP contribution in [0.3, 0.4) is 0 Å². The third-order valence-electron chi connectivity index (χ3n) is 5.24. The largest absolute Gasteiger partial charge is 0.489 e. The van der Waals surface area contributed by atoms with Gasteiger partial charge < -0.3 is 20.1 Å². The molecule has 0 aliphatic carbocycles. The molecule has 0 unspecified atom stereocenters. The molecular formula is C24H25ClNO6P. The number of aryl methyl sites for hydroxylation is 1. The fourth-order valence-electron chi connectivity index (χ4n) is 3.33. The highest BCUT2D eigenvalue weighted by Gasteiger charge is 2.38. The van der Waals surface area contributed by atoms with E-state index in [2.05, 4.69) is 0 Å². The Kier molecular flexibility index (Phi) is 7.39. The molecule has 3 aromatic carbocycles. The summed E-state index contributed by atoms with van der Waals surface area (Å²) in [5.41, 5.74) is 7.34. The average molecular weight is 490 g/mol. The standard InChI is InChI=1S/C24H25ClNO6P/c25-23-14-22(10-9-19(23)11-12-24(26)16-30-33(27,28)31-17-24)32-21-8-4-7-20(13-21)29-15-18-5-2-1-3-6-18/h1-10,13-14H,11-12,15-17,26H2,(H,27,28). The highest BCUT2D eigenvalue weighted by atomic mass is 35.5. The minimum absolute atomic E-state index is 0.0533. The van der Waals surface area contributed by atoms with Crippen LogP contribution >= 0.6 is 19.4 Å². The van der Waals surface area contributed by atoms with Crippen molar-refractivity contribution in [2.75, 3.05) is 13.2 Å². The Morgan fingerprint density at radius 2 is 1.67 bits per heavy atom. The summed E-state index contributed by atoms with van der Waals surface area (Å²) >= 11 is 6.46. The number of ether oxygens (including phenoxy) is 2. The number of phosphoric ester groups is 1. The van der Waals surface area contributed by atoms with E-state index < -0.39 is 13.4 Å². The Morgan fingerprint density at radius 3 is 2.39 bits per heavy atom. The summed E-state index contributed by atoms with van der Waals surface area (Å²) in [6, 6.07) is 22.8. The highest BCUT2D eigenvalue weighted by Crippen LogP contribution is 2.48. The highest BCUT2D eigenvalue weighted by molar-refractivity contribution is 7.47. The summed E-state index contributed by atoms with van der Waals surface area (Å²) < 4.78 is 32.9. The van der Waals surface area contributed by atoms with Crippen molar-refractivity contribution >= 4 is 19.4 Å². The van der Waals surface area contributed by atoms with Crippen LogP contribution in [0.2, 0.25) is 5.02 Å². The predicted molar refractivity (Wildman–Crippen MR) is 126 cm³/mol. The molecule has 1 fully saturated rings. The van der Waals surface area contributed by atoms with Gasteiger partial charge in [0.05, 0.1) is 18.8 Å². The smallest absolute Gasteiger partial charge is 0.472 e. The molecular weight excluding hydrogens is 465 g/mol. The lowest BCUT2D eigenvalue weighted by Gasteiger charge is -2.34. The van der Waals surface area contributed by atoms with Gasteiger partial charge in [-0.3, -0.25) is 9.05 Å². The minimum atomic E-state index is -3.97. The number of halogens is 1. The van der Waals surface area contributed by atoms with E-state index >= 15 is 0 Å². The molecule has 7 nitrogen and oxygen atoms in total. The van der Waals surface area contributed by atoms with Crippen molar-refractivity contribution in [3.05, 3.63) is 88.9 Å². The quantitative estimate of drug-likeness (QED) is 0.403. The summed E-state index contributed by atoms with van der Waals surface area (Å²) in [5, 5.41) is 0.540. The van der Waals surface area contributed by atoms with E-state index in [9.17, 15) is 9.46 Å². The number of hydrogen-bond donors (Lipinski definition) is 2. The van der Waals surface area contributed by atoms with Crippen LogP contribution in [0.5, 0.6) is 17.2 Å². The van der Waals surface area contributed by atoms with E-state index in [0.717, 1.165) is 11.1 Å². The monoisotopic (exact) mass is 489 g/mol. The second-order valence-electron chi connectivity index (χ2n) is 7.98. The number of rotatable bonds is 8. The Balaban J connectivity index is 1.34. The Morgan fingerprint density at radius 1 is 0.970 bits per heavy atom. The first-order chi connectivity index (χ1) is 15.8. The zero-order valence-electron chi connectivity index (χ0n) is 17.9. The SMILES string of the molecule is NC1(CCc2ccc(Oc3cccc(OCc4ccccc4)c3)cc2Cl)COP(=O)(O)OC1. The molecule has 0 saturated carbocycles. The summed E-state index contributed by atoms with van der Waals surface area (Å²) in [5.74, 6) is 1.93. The van der Waals surface area contributed by atoms with Gasteiger partial charge in [0.25, 0.3) is 0 Å². The van der Waals surface area contributed by atoms with Crippen LogP contribution < -0.4 is 15.2 Å². The van der Waals surface area contributed by atoms with Gasteiger partial charge in [0.15, 0.2) is 0 Å². The van der Waals surface area contributed by atoms with Crippen LogP contribution in [0.4, 0.5) is 0 Å². The minimum Gasteiger partial charge on any atom is -0.489 e. The second kappa shape index (κ2) is 10.3. The van der Waals surface area contributed by atoms with Gasteiger partial charge in [-0.05, 0) is 48.2 Å². The van der Waals surface area contributed by atoms with Crippen molar-refractivity contribution in [1.29, 1.82) is 0 Å². The normalized spacial score (nSPS) is 22.6. The lowest BCUT2D eigenvalue weighted by molar-refractivity contribution is 0.0372. The third-order valence-corrected chi connectivity index (χ3v) is 6.50. The van der Waals surface area contributed by atoms with E-state index in [1.165, 1.54) is 0 Å². The second-order valence-corrected chi connectivity index (χ2v) is 9.84. The first-order valence-electron chi connectivity index (χ1n) is 10.4. The molecule has 3 aromatic rings. The maximum Gasteiger partial charge on any atom is 0.472 e. The molecule has 1 heterocycles. The first kappa shape index (κ1) is 23.8. The number of hydrogen-bond acceptors (Lipinski definition) is 6. The molecule has 1 saturated heterocycles. The molecule has 174 valence electrons. The van der Waals surface area contributed by atoms with Gasteiger partial charge in [0, 0.05) is 11.1 Å². The Labute approximate surface area is 197 Å². The molecule has 33 heavy (non-hydrogen) atoms. The van der Waals surface area contributed by atoms with Crippen molar-refractivity contribution in [3.63, 3.8) is 0 Å². The first-order valence-corrected chi connectivity index (χ1v) is 12.3. The summed E-state index contributed by atoms with van der Waals surface area (Å²) in [4.78, 5) is 9.30. The number of phosphoric acid groups is 1. The fourth-order valence-corrected chi connectivity index (χ4v) is 4.51. The van der Waals surface area contributed by atoms with Crippen LogP contribution in [-0.4, -0.2) is 23.6 Å².